The first kappa shape index (κ1) is 10.3. The second-order valence-corrected chi connectivity index (χ2v) is 3.39. The Kier molecular flexibility index (Phi) is 3.09. The van der Waals surface area contributed by atoms with Crippen LogP contribution < -0.4 is 0 Å². The molecular formula is C10H16O3. The normalized spacial score (nSPS) is 20.7. The van der Waals surface area contributed by atoms with E-state index in [4.69, 9.17) is 9.47 Å². The van der Waals surface area contributed by atoms with Crippen molar-refractivity contribution in [2.45, 2.75) is 32.8 Å². The van der Waals surface area contributed by atoms with E-state index in [0.29, 0.717) is 18.8 Å². The van der Waals surface area contributed by atoms with Crippen LogP contribution in [-0.4, -0.2) is 24.8 Å². The molecule has 1 rings (SSSR count). The first-order valence-corrected chi connectivity index (χ1v) is 4.57. The molecule has 74 valence electrons. The SMILES string of the molecule is CC=C(C)C(=O)OC1(CC)COC1. The van der Waals surface area contributed by atoms with Crippen molar-refractivity contribution in [3.63, 3.8) is 0 Å². The van der Waals surface area contributed by atoms with Crippen molar-refractivity contribution in [1.82, 2.24) is 0 Å². The topological polar surface area (TPSA) is 35.5 Å². The zero-order chi connectivity index (χ0) is 9.90. The number of hydrogen-bond donors (Lipinski definition) is 0. The minimum absolute atomic E-state index is 0.229. The smallest absolute Gasteiger partial charge is 0.334 e. The van der Waals surface area contributed by atoms with Crippen LogP contribution in [0.4, 0.5) is 0 Å². The van der Waals surface area contributed by atoms with E-state index >= 15 is 0 Å². The molecule has 0 bridgehead atoms. The molecule has 0 amide bonds. The van der Waals surface area contributed by atoms with Crippen LogP contribution in [0.1, 0.15) is 27.2 Å². The highest BCUT2D eigenvalue weighted by molar-refractivity contribution is 5.88. The van der Waals surface area contributed by atoms with Crippen molar-refractivity contribution < 1.29 is 14.3 Å². The molecule has 3 heteroatoms. The van der Waals surface area contributed by atoms with E-state index in [-0.39, 0.29) is 11.6 Å². The Morgan fingerprint density at radius 2 is 2.23 bits per heavy atom. The van der Waals surface area contributed by atoms with Crippen molar-refractivity contribution in [1.29, 1.82) is 0 Å². The van der Waals surface area contributed by atoms with Crippen LogP contribution in [0.25, 0.3) is 0 Å². The predicted molar refractivity (Wildman–Crippen MR) is 49.4 cm³/mol. The van der Waals surface area contributed by atoms with Gasteiger partial charge >= 0.3 is 5.97 Å². The predicted octanol–water partition coefficient (Wildman–Crippen LogP) is 1.67. The third kappa shape index (κ3) is 2.10. The van der Waals surface area contributed by atoms with Crippen LogP contribution in [0.5, 0.6) is 0 Å². The van der Waals surface area contributed by atoms with E-state index in [2.05, 4.69) is 0 Å². The number of ether oxygens (including phenoxy) is 2. The van der Waals surface area contributed by atoms with E-state index in [1.165, 1.54) is 0 Å². The van der Waals surface area contributed by atoms with E-state index in [9.17, 15) is 4.79 Å². The van der Waals surface area contributed by atoms with Gasteiger partial charge in [-0.05, 0) is 20.3 Å². The van der Waals surface area contributed by atoms with Crippen molar-refractivity contribution in [2.75, 3.05) is 13.2 Å². The molecule has 13 heavy (non-hydrogen) atoms. The van der Waals surface area contributed by atoms with Gasteiger partial charge in [0.15, 0.2) is 5.60 Å². The minimum atomic E-state index is -0.346. The number of carbonyl (C=O) groups excluding carboxylic acids is 1. The molecule has 0 atom stereocenters. The van der Waals surface area contributed by atoms with Crippen LogP contribution in [0.3, 0.4) is 0 Å². The zero-order valence-electron chi connectivity index (χ0n) is 8.42. The highest BCUT2D eigenvalue weighted by Crippen LogP contribution is 2.26. The molecule has 1 aliphatic heterocycles. The maximum absolute atomic E-state index is 11.4. The summed E-state index contributed by atoms with van der Waals surface area (Å²) in [7, 11) is 0. The van der Waals surface area contributed by atoms with Gasteiger partial charge in [0.05, 0.1) is 13.2 Å². The van der Waals surface area contributed by atoms with Crippen LogP contribution in [-0.2, 0) is 14.3 Å². The first-order valence-electron chi connectivity index (χ1n) is 4.57. The molecule has 0 saturated carbocycles. The standard InChI is InChI=1S/C10H16O3/c1-4-8(3)9(11)13-10(5-2)6-12-7-10/h4H,5-7H2,1-3H3. The molecule has 1 saturated heterocycles. The second kappa shape index (κ2) is 3.92. The lowest BCUT2D eigenvalue weighted by Crippen LogP contribution is -2.52. The maximum Gasteiger partial charge on any atom is 0.334 e. The molecule has 0 radical (unpaired) electrons. The first-order chi connectivity index (χ1) is 6.13. The number of hydrogen-bond acceptors (Lipinski definition) is 3. The van der Waals surface area contributed by atoms with Gasteiger partial charge in [-0.1, -0.05) is 13.0 Å². The monoisotopic (exact) mass is 184 g/mol. The van der Waals surface area contributed by atoms with Crippen LogP contribution in [0.15, 0.2) is 11.6 Å². The fraction of sp³-hybridized carbons (Fsp3) is 0.700. The third-order valence-corrected chi connectivity index (χ3v) is 2.44. The van der Waals surface area contributed by atoms with Crippen molar-refractivity contribution in [2.24, 2.45) is 0 Å². The summed E-state index contributed by atoms with van der Waals surface area (Å²) in [5, 5.41) is 0. The number of allylic oxidation sites excluding steroid dienone is 1. The van der Waals surface area contributed by atoms with Crippen molar-refractivity contribution >= 4 is 5.97 Å². The highest BCUT2D eigenvalue weighted by atomic mass is 16.6. The minimum Gasteiger partial charge on any atom is -0.451 e. The van der Waals surface area contributed by atoms with E-state index in [0.717, 1.165) is 6.42 Å². The molecule has 0 aromatic heterocycles. The zero-order valence-corrected chi connectivity index (χ0v) is 8.42. The summed E-state index contributed by atoms with van der Waals surface area (Å²) in [6.45, 7) is 6.65. The van der Waals surface area contributed by atoms with Crippen molar-refractivity contribution in [3.8, 4) is 0 Å². The van der Waals surface area contributed by atoms with Crippen LogP contribution >= 0.6 is 0 Å². The molecule has 0 aromatic rings. The van der Waals surface area contributed by atoms with Gasteiger partial charge in [-0.3, -0.25) is 0 Å². The van der Waals surface area contributed by atoms with E-state index < -0.39 is 0 Å². The molecule has 1 fully saturated rings. The highest BCUT2D eigenvalue weighted by Gasteiger charge is 2.40. The molecule has 1 aliphatic rings. The summed E-state index contributed by atoms with van der Waals surface area (Å²) in [4.78, 5) is 11.4. The Hall–Kier alpha value is -0.830. The third-order valence-electron chi connectivity index (χ3n) is 2.44. The lowest BCUT2D eigenvalue weighted by atomic mass is 9.98. The Balaban J connectivity index is 2.52. The summed E-state index contributed by atoms with van der Waals surface area (Å²) in [5.41, 5.74) is 0.307. The summed E-state index contributed by atoms with van der Waals surface area (Å²) < 4.78 is 10.4. The summed E-state index contributed by atoms with van der Waals surface area (Å²) >= 11 is 0. The van der Waals surface area contributed by atoms with Crippen LogP contribution in [0, 0.1) is 0 Å². The van der Waals surface area contributed by atoms with Crippen molar-refractivity contribution in [3.05, 3.63) is 11.6 Å². The quantitative estimate of drug-likeness (QED) is 0.494. The summed E-state index contributed by atoms with van der Waals surface area (Å²) in [6.07, 6.45) is 2.57. The molecule has 0 aliphatic carbocycles. The van der Waals surface area contributed by atoms with Gasteiger partial charge in [0.2, 0.25) is 0 Å². The molecule has 0 spiro atoms. The average Bonchev–Trinajstić information content (AvgIpc) is 2.09. The Morgan fingerprint density at radius 1 is 1.62 bits per heavy atom. The molecule has 1 heterocycles. The Labute approximate surface area is 78.7 Å². The van der Waals surface area contributed by atoms with E-state index in [1.807, 2.05) is 13.8 Å². The Bertz CT molecular complexity index is 221. The van der Waals surface area contributed by atoms with Gasteiger partial charge in [-0.25, -0.2) is 4.79 Å². The van der Waals surface area contributed by atoms with E-state index in [1.54, 1.807) is 13.0 Å². The van der Waals surface area contributed by atoms with Gasteiger partial charge < -0.3 is 9.47 Å². The molecule has 0 unspecified atom stereocenters. The molecule has 0 aromatic carbocycles. The maximum atomic E-state index is 11.4. The van der Waals surface area contributed by atoms with Gasteiger partial charge in [0, 0.05) is 5.57 Å². The lowest BCUT2D eigenvalue weighted by molar-refractivity contribution is -0.210. The van der Waals surface area contributed by atoms with Gasteiger partial charge in [-0.15, -0.1) is 0 Å². The lowest BCUT2D eigenvalue weighted by Gasteiger charge is -2.39. The fourth-order valence-corrected chi connectivity index (χ4v) is 1.06. The fourth-order valence-electron chi connectivity index (χ4n) is 1.06. The number of carbonyl (C=O) groups is 1. The number of rotatable bonds is 3. The molecule has 3 nitrogen and oxygen atoms in total. The molecule has 0 N–H and O–H groups in total. The average molecular weight is 184 g/mol. The molecular weight excluding hydrogens is 168 g/mol. The number of esters is 1. The van der Waals surface area contributed by atoms with Gasteiger partial charge in [0.25, 0.3) is 0 Å². The van der Waals surface area contributed by atoms with Crippen LogP contribution in [0.2, 0.25) is 0 Å². The Morgan fingerprint density at radius 3 is 2.54 bits per heavy atom. The second-order valence-electron chi connectivity index (χ2n) is 3.39. The largest absolute Gasteiger partial charge is 0.451 e. The summed E-state index contributed by atoms with van der Waals surface area (Å²) in [6, 6.07) is 0. The van der Waals surface area contributed by atoms with Gasteiger partial charge in [-0.2, -0.15) is 0 Å². The summed E-state index contributed by atoms with van der Waals surface area (Å²) in [5.74, 6) is -0.229. The van der Waals surface area contributed by atoms with Gasteiger partial charge in [0.1, 0.15) is 0 Å².